The number of nitrogens with one attached hydrogen (secondary N) is 1. The molecule has 0 unspecified atom stereocenters. The molecule has 3 rings (SSSR count). The number of nitrogens with zero attached hydrogens (tertiary/aromatic N) is 2. The van der Waals surface area contributed by atoms with Crippen LogP contribution in [0.5, 0.6) is 0 Å². The number of amides is 1. The third-order valence-electron chi connectivity index (χ3n) is 4.15. The zero-order chi connectivity index (χ0) is 14.2. The van der Waals surface area contributed by atoms with E-state index < -0.39 is 5.54 Å². The van der Waals surface area contributed by atoms with Gasteiger partial charge in [0.05, 0.1) is 17.3 Å². The van der Waals surface area contributed by atoms with E-state index in [-0.39, 0.29) is 18.3 Å². The maximum Gasteiger partial charge on any atom is 0.244 e. The molecule has 1 amide bonds. The van der Waals surface area contributed by atoms with E-state index >= 15 is 0 Å². The molecule has 6 heteroatoms. The third-order valence-corrected chi connectivity index (χ3v) is 4.15. The molecule has 5 nitrogen and oxygen atoms in total. The molecule has 1 aliphatic rings. The smallest absolute Gasteiger partial charge is 0.244 e. The molecule has 1 aliphatic carbocycles. The maximum absolute atomic E-state index is 12.3. The van der Waals surface area contributed by atoms with E-state index in [2.05, 4.69) is 10.4 Å². The number of rotatable bonds is 3. The Bertz CT molecular complexity index is 646. The first-order chi connectivity index (χ1) is 9.62. The van der Waals surface area contributed by atoms with E-state index in [0.717, 1.165) is 48.8 Å². The highest BCUT2D eigenvalue weighted by Crippen LogP contribution is 2.29. The number of benzene rings is 1. The predicted molar refractivity (Wildman–Crippen MR) is 86.7 cm³/mol. The van der Waals surface area contributed by atoms with Gasteiger partial charge in [0.25, 0.3) is 0 Å². The lowest BCUT2D eigenvalue weighted by Crippen LogP contribution is -2.48. The first kappa shape index (κ1) is 15.8. The van der Waals surface area contributed by atoms with E-state index in [9.17, 15) is 4.79 Å². The Morgan fingerprint density at radius 2 is 2.14 bits per heavy atom. The van der Waals surface area contributed by atoms with Gasteiger partial charge in [0.15, 0.2) is 0 Å². The fourth-order valence-electron chi connectivity index (χ4n) is 2.89. The van der Waals surface area contributed by atoms with Crippen molar-refractivity contribution in [1.82, 2.24) is 9.78 Å². The van der Waals surface area contributed by atoms with E-state index in [0.29, 0.717) is 0 Å². The minimum absolute atomic E-state index is 0. The van der Waals surface area contributed by atoms with Gasteiger partial charge in [0.2, 0.25) is 5.91 Å². The van der Waals surface area contributed by atoms with Crippen LogP contribution in [0.3, 0.4) is 0 Å². The lowest BCUT2D eigenvalue weighted by molar-refractivity contribution is -0.121. The summed E-state index contributed by atoms with van der Waals surface area (Å²) in [4.78, 5) is 12.3. The molecule has 1 aromatic carbocycles. The topological polar surface area (TPSA) is 72.9 Å². The first-order valence-electron chi connectivity index (χ1n) is 7.18. The minimum Gasteiger partial charge on any atom is -0.324 e. The van der Waals surface area contributed by atoms with Gasteiger partial charge in [0.1, 0.15) is 0 Å². The second-order valence-electron chi connectivity index (χ2n) is 5.55. The fraction of sp³-hybridized carbons (Fsp3) is 0.467. The van der Waals surface area contributed by atoms with Crippen molar-refractivity contribution in [2.75, 3.05) is 5.32 Å². The van der Waals surface area contributed by atoms with Crippen molar-refractivity contribution in [3.05, 3.63) is 24.4 Å². The van der Waals surface area contributed by atoms with Crippen molar-refractivity contribution in [2.24, 2.45) is 5.73 Å². The van der Waals surface area contributed by atoms with Crippen molar-refractivity contribution in [3.63, 3.8) is 0 Å². The van der Waals surface area contributed by atoms with Crippen LogP contribution in [-0.4, -0.2) is 21.2 Å². The number of nitrogens with two attached hydrogens (primary N) is 1. The van der Waals surface area contributed by atoms with Gasteiger partial charge in [-0.05, 0) is 38.0 Å². The van der Waals surface area contributed by atoms with E-state index in [1.807, 2.05) is 36.0 Å². The molecule has 0 saturated heterocycles. The molecule has 0 spiro atoms. The molecule has 21 heavy (non-hydrogen) atoms. The van der Waals surface area contributed by atoms with Crippen molar-refractivity contribution in [1.29, 1.82) is 0 Å². The number of halogens is 1. The van der Waals surface area contributed by atoms with Gasteiger partial charge in [0, 0.05) is 17.6 Å². The van der Waals surface area contributed by atoms with Crippen LogP contribution in [0.1, 0.15) is 32.6 Å². The summed E-state index contributed by atoms with van der Waals surface area (Å²) in [7, 11) is 0. The van der Waals surface area contributed by atoms with Gasteiger partial charge in [-0.1, -0.05) is 12.8 Å². The number of carbonyl (C=O) groups is 1. The SMILES string of the molecule is CCn1ncc2ccc(NC(=O)C3(N)CCCC3)cc21.Cl. The number of aryl methyl sites for hydroxylation is 1. The molecule has 0 atom stereocenters. The molecule has 1 heterocycles. The van der Waals surface area contributed by atoms with Crippen molar-refractivity contribution < 1.29 is 4.79 Å². The van der Waals surface area contributed by atoms with Crippen LogP contribution in [0.25, 0.3) is 10.9 Å². The highest BCUT2D eigenvalue weighted by Gasteiger charge is 2.36. The van der Waals surface area contributed by atoms with Crippen molar-refractivity contribution in [3.8, 4) is 0 Å². The number of fused-ring (bicyclic) bond motifs is 1. The van der Waals surface area contributed by atoms with Gasteiger partial charge in [-0.25, -0.2) is 0 Å². The summed E-state index contributed by atoms with van der Waals surface area (Å²) in [6.45, 7) is 2.85. The Kier molecular flexibility index (Phi) is 4.54. The molecule has 0 bridgehead atoms. The number of aromatic nitrogens is 2. The Morgan fingerprint density at radius 3 is 2.81 bits per heavy atom. The van der Waals surface area contributed by atoms with E-state index in [1.54, 1.807) is 0 Å². The van der Waals surface area contributed by atoms with E-state index in [4.69, 9.17) is 5.73 Å². The zero-order valence-corrected chi connectivity index (χ0v) is 12.9. The summed E-state index contributed by atoms with van der Waals surface area (Å²) >= 11 is 0. The van der Waals surface area contributed by atoms with Gasteiger partial charge in [-0.3, -0.25) is 9.48 Å². The molecule has 2 aromatic rings. The van der Waals surface area contributed by atoms with Gasteiger partial charge in [-0.15, -0.1) is 12.4 Å². The van der Waals surface area contributed by atoms with E-state index in [1.165, 1.54) is 0 Å². The number of hydrogen-bond acceptors (Lipinski definition) is 3. The average Bonchev–Trinajstić information content (AvgIpc) is 3.05. The van der Waals surface area contributed by atoms with Gasteiger partial charge < -0.3 is 11.1 Å². The molecule has 3 N–H and O–H groups in total. The Balaban J connectivity index is 0.00000161. The predicted octanol–water partition coefficient (Wildman–Crippen LogP) is 2.69. The molecule has 1 saturated carbocycles. The number of hydrogen-bond donors (Lipinski definition) is 2. The standard InChI is InChI=1S/C15H20N4O.ClH/c1-2-19-13-9-12(6-5-11(13)10-17-19)18-14(20)15(16)7-3-4-8-15;/h5-6,9-10H,2-4,7-8,16H2,1H3,(H,18,20);1H. The van der Waals surface area contributed by atoms with Crippen LogP contribution < -0.4 is 11.1 Å². The molecule has 1 fully saturated rings. The summed E-state index contributed by atoms with van der Waals surface area (Å²) in [5, 5.41) is 8.33. The highest BCUT2D eigenvalue weighted by atomic mass is 35.5. The monoisotopic (exact) mass is 308 g/mol. The summed E-state index contributed by atoms with van der Waals surface area (Å²) in [5.74, 6) is -0.0723. The van der Waals surface area contributed by atoms with Crippen LogP contribution >= 0.6 is 12.4 Å². The van der Waals surface area contributed by atoms with Gasteiger partial charge >= 0.3 is 0 Å². The second kappa shape index (κ2) is 6.03. The Morgan fingerprint density at radius 1 is 1.43 bits per heavy atom. The fourth-order valence-corrected chi connectivity index (χ4v) is 2.89. The third kappa shape index (κ3) is 2.89. The maximum atomic E-state index is 12.3. The minimum atomic E-state index is -0.694. The first-order valence-corrected chi connectivity index (χ1v) is 7.18. The van der Waals surface area contributed by atoms with Crippen LogP contribution in [0.2, 0.25) is 0 Å². The molecule has 114 valence electrons. The zero-order valence-electron chi connectivity index (χ0n) is 12.1. The summed E-state index contributed by atoms with van der Waals surface area (Å²) in [5.41, 5.74) is 7.29. The lowest BCUT2D eigenvalue weighted by Gasteiger charge is -2.22. The van der Waals surface area contributed by atoms with Crippen LogP contribution in [0.15, 0.2) is 24.4 Å². The molecular weight excluding hydrogens is 288 g/mol. The quantitative estimate of drug-likeness (QED) is 0.915. The van der Waals surface area contributed by atoms with Crippen LogP contribution in [0.4, 0.5) is 5.69 Å². The number of carbonyl (C=O) groups excluding carboxylic acids is 1. The second-order valence-corrected chi connectivity index (χ2v) is 5.55. The summed E-state index contributed by atoms with van der Waals surface area (Å²) < 4.78 is 1.92. The van der Waals surface area contributed by atoms with Gasteiger partial charge in [-0.2, -0.15) is 5.10 Å². The molecule has 1 aromatic heterocycles. The van der Waals surface area contributed by atoms with Crippen LogP contribution in [-0.2, 0) is 11.3 Å². The molecule has 0 aliphatic heterocycles. The molecular formula is C15H21ClN4O. The Labute approximate surface area is 130 Å². The summed E-state index contributed by atoms with van der Waals surface area (Å²) in [6, 6.07) is 5.84. The lowest BCUT2D eigenvalue weighted by atomic mass is 9.98. The number of anilines is 1. The van der Waals surface area contributed by atoms with Crippen LogP contribution in [0, 0.1) is 0 Å². The highest BCUT2D eigenvalue weighted by molar-refractivity contribution is 5.99. The largest absolute Gasteiger partial charge is 0.324 e. The van der Waals surface area contributed by atoms with Crippen molar-refractivity contribution >= 4 is 34.9 Å². The summed E-state index contributed by atoms with van der Waals surface area (Å²) in [6.07, 6.45) is 5.45. The van der Waals surface area contributed by atoms with Crippen molar-refractivity contribution in [2.45, 2.75) is 44.7 Å². The molecule has 0 radical (unpaired) electrons. The Hall–Kier alpha value is -1.59. The average molecular weight is 309 g/mol. The normalized spacial score (nSPS) is 16.7.